The van der Waals surface area contributed by atoms with Gasteiger partial charge in [0.1, 0.15) is 24.2 Å². The Morgan fingerprint density at radius 3 is 2.89 bits per heavy atom. The first-order chi connectivity index (χ1) is 8.70. The Balaban J connectivity index is 0.00000133. The van der Waals surface area contributed by atoms with E-state index in [-0.39, 0.29) is 12.1 Å². The monoisotopic (exact) mass is 269 g/mol. The van der Waals surface area contributed by atoms with Gasteiger partial charge in [-0.1, -0.05) is 0 Å². The highest BCUT2D eigenvalue weighted by atomic mass is 16.5. The van der Waals surface area contributed by atoms with Crippen molar-refractivity contribution in [3.63, 3.8) is 0 Å². The molecule has 2 aromatic rings. The van der Waals surface area contributed by atoms with Crippen molar-refractivity contribution >= 4 is 17.0 Å². The van der Waals surface area contributed by atoms with Crippen molar-refractivity contribution in [2.24, 2.45) is 0 Å². The van der Waals surface area contributed by atoms with Gasteiger partial charge >= 0.3 is 0 Å². The molecule has 1 aliphatic rings. The Morgan fingerprint density at radius 2 is 2.21 bits per heavy atom. The number of anilines is 1. The highest BCUT2D eigenvalue weighted by Gasteiger charge is 2.35. The molecule has 9 nitrogen and oxygen atoms in total. The van der Waals surface area contributed by atoms with Crippen LogP contribution in [0.4, 0.5) is 5.82 Å². The second-order valence-corrected chi connectivity index (χ2v) is 4.20. The zero-order valence-corrected chi connectivity index (χ0v) is 9.97. The number of rotatable bonds is 2. The number of fused-ring (bicyclic) bond motifs is 1. The summed E-state index contributed by atoms with van der Waals surface area (Å²) >= 11 is 0. The van der Waals surface area contributed by atoms with Crippen molar-refractivity contribution in [2.45, 2.75) is 24.9 Å². The van der Waals surface area contributed by atoms with E-state index in [2.05, 4.69) is 15.0 Å². The minimum Gasteiger partial charge on any atom is -0.412 e. The predicted molar refractivity (Wildman–Crippen MR) is 65.0 cm³/mol. The van der Waals surface area contributed by atoms with Gasteiger partial charge < -0.3 is 26.2 Å². The Morgan fingerprint density at radius 1 is 1.42 bits per heavy atom. The lowest BCUT2D eigenvalue weighted by atomic mass is 10.2. The molecule has 0 unspecified atom stereocenters. The third-order valence-corrected chi connectivity index (χ3v) is 3.08. The van der Waals surface area contributed by atoms with Crippen LogP contribution in [0.2, 0.25) is 0 Å². The number of ether oxygens (including phenoxy) is 1. The molecule has 0 amide bonds. The minimum absolute atomic E-state index is 0. The van der Waals surface area contributed by atoms with E-state index in [4.69, 9.17) is 15.6 Å². The third-order valence-electron chi connectivity index (χ3n) is 3.08. The van der Waals surface area contributed by atoms with Crippen molar-refractivity contribution < 1.29 is 20.4 Å². The van der Waals surface area contributed by atoms with Gasteiger partial charge in [0.15, 0.2) is 11.5 Å². The summed E-state index contributed by atoms with van der Waals surface area (Å²) in [6, 6.07) is 0. The standard InChI is InChI=1S/C10H13N5O3.H2O/c11-9-8-10(13-3-12-9)15(4-14-8)7-1-5(17)6(2-16)18-7;/h3-7,16-17H,1-2H2,(H2,11,12,13);1H2/t5-,6+,7+;/m0./s1. The molecular formula is C10H15N5O4. The summed E-state index contributed by atoms with van der Waals surface area (Å²) in [7, 11) is 0. The lowest BCUT2D eigenvalue weighted by Gasteiger charge is -2.13. The molecule has 0 saturated carbocycles. The number of hydrogen-bond acceptors (Lipinski definition) is 7. The smallest absolute Gasteiger partial charge is 0.167 e. The van der Waals surface area contributed by atoms with Gasteiger partial charge in [-0.3, -0.25) is 4.57 Å². The maximum Gasteiger partial charge on any atom is 0.167 e. The van der Waals surface area contributed by atoms with E-state index in [0.29, 0.717) is 23.4 Å². The molecule has 3 atom stereocenters. The molecule has 1 saturated heterocycles. The molecule has 104 valence electrons. The lowest BCUT2D eigenvalue weighted by molar-refractivity contribution is -0.0432. The van der Waals surface area contributed by atoms with Gasteiger partial charge in [-0.05, 0) is 0 Å². The molecule has 1 fully saturated rings. The third kappa shape index (κ3) is 2.12. The maximum absolute atomic E-state index is 9.71. The summed E-state index contributed by atoms with van der Waals surface area (Å²) in [6.07, 6.45) is 1.60. The fourth-order valence-electron chi connectivity index (χ4n) is 2.13. The van der Waals surface area contributed by atoms with E-state index in [9.17, 15) is 5.11 Å². The van der Waals surface area contributed by atoms with Crippen LogP contribution in [-0.2, 0) is 4.74 Å². The molecule has 0 bridgehead atoms. The van der Waals surface area contributed by atoms with Crippen molar-refractivity contribution in [3.05, 3.63) is 12.7 Å². The van der Waals surface area contributed by atoms with Gasteiger partial charge in [0.25, 0.3) is 0 Å². The average molecular weight is 269 g/mol. The molecule has 1 aliphatic heterocycles. The van der Waals surface area contributed by atoms with Crippen LogP contribution in [0.3, 0.4) is 0 Å². The van der Waals surface area contributed by atoms with E-state index in [0.717, 1.165) is 0 Å². The summed E-state index contributed by atoms with van der Waals surface area (Å²) in [4.78, 5) is 12.1. The predicted octanol–water partition coefficient (Wildman–Crippen LogP) is -1.78. The van der Waals surface area contributed by atoms with Crippen LogP contribution >= 0.6 is 0 Å². The molecule has 0 aromatic carbocycles. The highest BCUT2D eigenvalue weighted by molar-refractivity contribution is 5.81. The first kappa shape index (κ1) is 13.6. The Hall–Kier alpha value is -1.81. The van der Waals surface area contributed by atoms with Crippen LogP contribution in [0.1, 0.15) is 12.6 Å². The first-order valence-corrected chi connectivity index (χ1v) is 5.58. The quantitative estimate of drug-likeness (QED) is 0.583. The highest BCUT2D eigenvalue weighted by Crippen LogP contribution is 2.30. The number of nitrogens with two attached hydrogens (primary N) is 1. The molecule has 3 rings (SSSR count). The van der Waals surface area contributed by atoms with E-state index < -0.39 is 18.4 Å². The van der Waals surface area contributed by atoms with E-state index in [1.165, 1.54) is 6.33 Å². The topological polar surface area (TPSA) is 151 Å². The van der Waals surface area contributed by atoms with E-state index >= 15 is 0 Å². The zero-order valence-electron chi connectivity index (χ0n) is 9.97. The number of aromatic nitrogens is 4. The molecular weight excluding hydrogens is 254 g/mol. The van der Waals surface area contributed by atoms with Crippen molar-refractivity contribution in [1.82, 2.24) is 19.5 Å². The first-order valence-electron chi connectivity index (χ1n) is 5.58. The second-order valence-electron chi connectivity index (χ2n) is 4.20. The van der Waals surface area contributed by atoms with Gasteiger partial charge in [0.2, 0.25) is 0 Å². The Kier molecular flexibility index (Phi) is 3.62. The molecule has 6 N–H and O–H groups in total. The number of aliphatic hydroxyl groups excluding tert-OH is 2. The van der Waals surface area contributed by atoms with Crippen LogP contribution in [0, 0.1) is 0 Å². The summed E-state index contributed by atoms with van der Waals surface area (Å²) < 4.78 is 7.22. The molecule has 9 heteroatoms. The maximum atomic E-state index is 9.71. The Bertz CT molecular complexity index is 574. The molecule has 3 heterocycles. The lowest BCUT2D eigenvalue weighted by Crippen LogP contribution is -2.24. The van der Waals surface area contributed by atoms with Gasteiger partial charge in [-0.2, -0.15) is 0 Å². The number of nitrogen functional groups attached to an aromatic ring is 1. The SMILES string of the molecule is Nc1ncnc2c1ncn2[C@H]1C[C@H](O)[C@@H](CO)O1.O. The van der Waals surface area contributed by atoms with Gasteiger partial charge in [-0.25, -0.2) is 15.0 Å². The largest absolute Gasteiger partial charge is 0.412 e. The van der Waals surface area contributed by atoms with Gasteiger partial charge in [-0.15, -0.1) is 0 Å². The van der Waals surface area contributed by atoms with Crippen molar-refractivity contribution in [1.29, 1.82) is 0 Å². The zero-order chi connectivity index (χ0) is 12.7. The summed E-state index contributed by atoms with van der Waals surface area (Å²) in [5.41, 5.74) is 6.75. The molecule has 19 heavy (non-hydrogen) atoms. The van der Waals surface area contributed by atoms with Crippen LogP contribution < -0.4 is 5.73 Å². The Labute approximate surface area is 108 Å². The van der Waals surface area contributed by atoms with Crippen molar-refractivity contribution in [3.8, 4) is 0 Å². The fourth-order valence-corrected chi connectivity index (χ4v) is 2.13. The second kappa shape index (κ2) is 5.05. The normalized spacial score (nSPS) is 26.5. The van der Waals surface area contributed by atoms with Crippen LogP contribution in [0.15, 0.2) is 12.7 Å². The summed E-state index contributed by atoms with van der Waals surface area (Å²) in [5.74, 6) is 0.302. The number of imidazole rings is 1. The minimum atomic E-state index is -0.698. The van der Waals surface area contributed by atoms with Gasteiger partial charge in [0, 0.05) is 6.42 Å². The van der Waals surface area contributed by atoms with Crippen LogP contribution in [-0.4, -0.2) is 54.0 Å². The van der Waals surface area contributed by atoms with E-state index in [1.807, 2.05) is 0 Å². The molecule has 0 aliphatic carbocycles. The number of hydrogen-bond donors (Lipinski definition) is 3. The van der Waals surface area contributed by atoms with Gasteiger partial charge in [0.05, 0.1) is 19.0 Å². The number of nitrogens with zero attached hydrogens (tertiary/aromatic N) is 4. The molecule has 0 radical (unpaired) electrons. The summed E-state index contributed by atoms with van der Waals surface area (Å²) in [5, 5.41) is 18.8. The van der Waals surface area contributed by atoms with Crippen LogP contribution in [0.25, 0.3) is 11.2 Å². The van der Waals surface area contributed by atoms with Crippen LogP contribution in [0.5, 0.6) is 0 Å². The van der Waals surface area contributed by atoms with E-state index in [1.54, 1.807) is 10.9 Å². The molecule has 0 spiro atoms. The fraction of sp³-hybridized carbons (Fsp3) is 0.500. The molecule has 2 aromatic heterocycles. The van der Waals surface area contributed by atoms with Crippen molar-refractivity contribution in [2.75, 3.05) is 12.3 Å². The summed E-state index contributed by atoms with van der Waals surface area (Å²) in [6.45, 7) is -0.221. The average Bonchev–Trinajstić information content (AvgIpc) is 2.93. The number of aliphatic hydroxyl groups is 2.